The number of ether oxygens (including phenoxy) is 2. The number of nitrogens with zero attached hydrogens (tertiary/aromatic N) is 1. The molecular weight excluding hydrogens is 406 g/mol. The summed E-state index contributed by atoms with van der Waals surface area (Å²) in [6.07, 6.45) is 1.52. The molecule has 130 valence electrons. The maximum Gasteiger partial charge on any atom is 0.343 e. The lowest BCUT2D eigenvalue weighted by Crippen LogP contribution is -2.24. The van der Waals surface area contributed by atoms with Gasteiger partial charge in [0, 0.05) is 0 Å². The lowest BCUT2D eigenvalue weighted by atomic mass is 10.2. The predicted octanol–water partition coefficient (Wildman–Crippen LogP) is 3.23. The first kappa shape index (κ1) is 18.9. The molecule has 0 spiro atoms. The summed E-state index contributed by atoms with van der Waals surface area (Å²) in [7, 11) is 0. The molecule has 0 aliphatic carbocycles. The van der Waals surface area contributed by atoms with Gasteiger partial charge in [0.1, 0.15) is 0 Å². The number of thiocarbonyl (C=S) groups is 1. The van der Waals surface area contributed by atoms with Crippen LogP contribution in [0.25, 0.3) is 0 Å². The summed E-state index contributed by atoms with van der Waals surface area (Å²) in [6, 6.07) is 12.2. The molecular formula is C17H16BrN3O3S. The van der Waals surface area contributed by atoms with Crippen LogP contribution >= 0.6 is 28.1 Å². The first-order chi connectivity index (χ1) is 12.0. The van der Waals surface area contributed by atoms with Crippen LogP contribution in [0, 0.1) is 0 Å². The largest absolute Gasteiger partial charge is 0.490 e. The van der Waals surface area contributed by atoms with Crippen molar-refractivity contribution in [2.24, 2.45) is 10.8 Å². The summed E-state index contributed by atoms with van der Waals surface area (Å²) in [6.45, 7) is 2.25. The topological polar surface area (TPSA) is 85.9 Å². The Balaban J connectivity index is 2.29. The van der Waals surface area contributed by atoms with Gasteiger partial charge in [-0.1, -0.05) is 18.2 Å². The van der Waals surface area contributed by atoms with Gasteiger partial charge in [-0.05, 0) is 64.9 Å². The van der Waals surface area contributed by atoms with Gasteiger partial charge in [-0.25, -0.2) is 4.79 Å². The molecule has 0 unspecified atom stereocenters. The maximum atomic E-state index is 12.3. The van der Waals surface area contributed by atoms with Crippen molar-refractivity contribution in [1.82, 2.24) is 5.43 Å². The molecule has 0 atom stereocenters. The number of carbonyl (C=O) groups is 1. The molecule has 0 radical (unpaired) electrons. The van der Waals surface area contributed by atoms with Gasteiger partial charge in [0.2, 0.25) is 0 Å². The Morgan fingerprint density at radius 1 is 1.36 bits per heavy atom. The fraction of sp³-hybridized carbons (Fsp3) is 0.118. The van der Waals surface area contributed by atoms with E-state index < -0.39 is 5.97 Å². The second-order valence-electron chi connectivity index (χ2n) is 4.75. The number of hydrazone groups is 1. The highest BCUT2D eigenvalue weighted by Crippen LogP contribution is 2.37. The molecule has 25 heavy (non-hydrogen) atoms. The minimum absolute atomic E-state index is 0.0637. The van der Waals surface area contributed by atoms with Gasteiger partial charge >= 0.3 is 5.97 Å². The summed E-state index contributed by atoms with van der Waals surface area (Å²) in [5, 5.41) is 3.96. The Bertz CT molecular complexity index is 797. The fourth-order valence-electron chi connectivity index (χ4n) is 1.92. The molecule has 8 heteroatoms. The van der Waals surface area contributed by atoms with E-state index in [1.165, 1.54) is 6.21 Å². The zero-order chi connectivity index (χ0) is 18.2. The molecule has 0 amide bonds. The monoisotopic (exact) mass is 421 g/mol. The van der Waals surface area contributed by atoms with Crippen LogP contribution in [0.1, 0.15) is 22.8 Å². The van der Waals surface area contributed by atoms with E-state index in [1.54, 1.807) is 36.4 Å². The van der Waals surface area contributed by atoms with E-state index in [-0.39, 0.29) is 5.11 Å². The zero-order valence-electron chi connectivity index (χ0n) is 13.4. The maximum absolute atomic E-state index is 12.3. The van der Waals surface area contributed by atoms with E-state index in [0.717, 1.165) is 0 Å². The number of halogens is 1. The van der Waals surface area contributed by atoms with Crippen LogP contribution in [0.3, 0.4) is 0 Å². The van der Waals surface area contributed by atoms with Crippen molar-refractivity contribution in [2.75, 3.05) is 6.61 Å². The quantitative estimate of drug-likeness (QED) is 0.245. The Hall–Kier alpha value is -2.45. The highest BCUT2D eigenvalue weighted by atomic mass is 79.9. The number of hydrogen-bond acceptors (Lipinski definition) is 5. The molecule has 2 aromatic carbocycles. The van der Waals surface area contributed by atoms with Crippen LogP contribution in [-0.4, -0.2) is 23.9 Å². The third kappa shape index (κ3) is 5.54. The predicted molar refractivity (Wildman–Crippen MR) is 104 cm³/mol. The minimum atomic E-state index is -0.473. The van der Waals surface area contributed by atoms with Crippen molar-refractivity contribution in [3.63, 3.8) is 0 Å². The van der Waals surface area contributed by atoms with E-state index >= 15 is 0 Å². The number of benzene rings is 2. The summed E-state index contributed by atoms with van der Waals surface area (Å²) in [4.78, 5) is 12.3. The molecule has 2 rings (SSSR count). The molecule has 0 bridgehead atoms. The van der Waals surface area contributed by atoms with Crippen LogP contribution in [-0.2, 0) is 0 Å². The molecule has 0 saturated heterocycles. The molecule has 0 aliphatic rings. The number of carbonyl (C=O) groups excluding carboxylic acids is 1. The van der Waals surface area contributed by atoms with Gasteiger partial charge in [-0.15, -0.1) is 0 Å². The highest BCUT2D eigenvalue weighted by molar-refractivity contribution is 9.10. The standard InChI is InChI=1S/C17H16BrN3O3S/c1-2-23-14-9-11(10-20-21-17(19)25)8-13(18)15(14)24-16(22)12-6-4-3-5-7-12/h3-10H,2H2,1H3,(H3,19,21,25). The number of nitrogens with two attached hydrogens (primary N) is 1. The van der Waals surface area contributed by atoms with Crippen LogP contribution in [0.15, 0.2) is 52.0 Å². The van der Waals surface area contributed by atoms with Crippen LogP contribution in [0.4, 0.5) is 0 Å². The van der Waals surface area contributed by atoms with Crippen LogP contribution in [0.2, 0.25) is 0 Å². The van der Waals surface area contributed by atoms with Crippen molar-refractivity contribution >= 4 is 45.4 Å². The first-order valence-electron chi connectivity index (χ1n) is 7.33. The van der Waals surface area contributed by atoms with Crippen molar-refractivity contribution in [3.8, 4) is 11.5 Å². The molecule has 0 aromatic heterocycles. The van der Waals surface area contributed by atoms with Crippen molar-refractivity contribution in [1.29, 1.82) is 0 Å². The van der Waals surface area contributed by atoms with Gasteiger partial charge < -0.3 is 15.2 Å². The van der Waals surface area contributed by atoms with Crippen LogP contribution < -0.4 is 20.6 Å². The van der Waals surface area contributed by atoms with E-state index in [1.807, 2.05) is 13.0 Å². The van der Waals surface area contributed by atoms with E-state index in [0.29, 0.717) is 33.7 Å². The normalized spacial score (nSPS) is 10.5. The zero-order valence-corrected chi connectivity index (χ0v) is 15.8. The van der Waals surface area contributed by atoms with Crippen molar-refractivity contribution in [3.05, 3.63) is 58.1 Å². The van der Waals surface area contributed by atoms with E-state index in [9.17, 15) is 4.79 Å². The molecule has 0 heterocycles. The Labute approximate surface area is 159 Å². The Morgan fingerprint density at radius 2 is 2.08 bits per heavy atom. The van der Waals surface area contributed by atoms with Gasteiger partial charge in [-0.2, -0.15) is 5.10 Å². The summed E-state index contributed by atoms with van der Waals surface area (Å²) in [5.74, 6) is 0.243. The Kier molecular flexibility index (Phi) is 6.91. The molecule has 3 N–H and O–H groups in total. The third-order valence-electron chi connectivity index (χ3n) is 2.92. The number of rotatable bonds is 6. The number of nitrogens with one attached hydrogen (secondary N) is 1. The lowest BCUT2D eigenvalue weighted by molar-refractivity contribution is 0.0727. The SMILES string of the molecule is CCOc1cc(C=NNC(N)=S)cc(Br)c1OC(=O)c1ccccc1. The first-order valence-corrected chi connectivity index (χ1v) is 8.53. The minimum Gasteiger partial charge on any atom is -0.490 e. The average Bonchev–Trinajstić information content (AvgIpc) is 2.58. The van der Waals surface area contributed by atoms with Crippen molar-refractivity contribution < 1.29 is 14.3 Å². The van der Waals surface area contributed by atoms with Crippen LogP contribution in [0.5, 0.6) is 11.5 Å². The van der Waals surface area contributed by atoms with Crippen molar-refractivity contribution in [2.45, 2.75) is 6.92 Å². The van der Waals surface area contributed by atoms with Gasteiger partial charge in [0.15, 0.2) is 16.6 Å². The second-order valence-corrected chi connectivity index (χ2v) is 6.05. The number of esters is 1. The second kappa shape index (κ2) is 9.14. The molecule has 6 nitrogen and oxygen atoms in total. The van der Waals surface area contributed by atoms with Gasteiger partial charge in [-0.3, -0.25) is 5.43 Å². The van der Waals surface area contributed by atoms with E-state index in [4.69, 9.17) is 15.2 Å². The van der Waals surface area contributed by atoms with Gasteiger partial charge in [0.25, 0.3) is 0 Å². The number of hydrogen-bond donors (Lipinski definition) is 2. The highest BCUT2D eigenvalue weighted by Gasteiger charge is 2.17. The van der Waals surface area contributed by atoms with E-state index in [2.05, 4.69) is 38.7 Å². The molecule has 0 fully saturated rings. The smallest absolute Gasteiger partial charge is 0.343 e. The molecule has 2 aromatic rings. The Morgan fingerprint density at radius 3 is 2.72 bits per heavy atom. The fourth-order valence-corrected chi connectivity index (χ4v) is 2.51. The summed E-state index contributed by atoms with van der Waals surface area (Å²) < 4.78 is 11.6. The molecule has 0 saturated carbocycles. The molecule has 0 aliphatic heterocycles. The summed E-state index contributed by atoms with van der Waals surface area (Å²) in [5.41, 5.74) is 8.94. The lowest BCUT2D eigenvalue weighted by Gasteiger charge is -2.13. The van der Waals surface area contributed by atoms with Gasteiger partial charge in [0.05, 0.1) is 22.9 Å². The summed E-state index contributed by atoms with van der Waals surface area (Å²) >= 11 is 8.08. The average molecular weight is 422 g/mol. The third-order valence-corrected chi connectivity index (χ3v) is 3.60.